The van der Waals surface area contributed by atoms with Crippen LogP contribution >= 0.6 is 23.1 Å². The van der Waals surface area contributed by atoms with Crippen LogP contribution in [0.1, 0.15) is 32.6 Å². The number of carbonyl (C=O) groups excluding carboxylic acids is 1. The van der Waals surface area contributed by atoms with E-state index < -0.39 is 0 Å². The van der Waals surface area contributed by atoms with Crippen molar-refractivity contribution in [3.63, 3.8) is 0 Å². The molecule has 0 radical (unpaired) electrons. The molecule has 3 aromatic rings. The Morgan fingerprint density at radius 3 is 3.17 bits per heavy atom. The second kappa shape index (κ2) is 9.23. The molecule has 0 aliphatic carbocycles. The summed E-state index contributed by atoms with van der Waals surface area (Å²) in [5.74, 6) is 0.186. The van der Waals surface area contributed by atoms with E-state index in [9.17, 15) is 9.59 Å². The molecular formula is C20H24N4O3S2. The van der Waals surface area contributed by atoms with Crippen molar-refractivity contribution in [3.05, 3.63) is 28.7 Å². The molecule has 0 bridgehead atoms. The van der Waals surface area contributed by atoms with Crippen LogP contribution in [0.15, 0.2) is 28.3 Å². The SMILES string of the molecule is CCCCNC(=O)CSc1nc2c(sc3ncccc32)c(=O)n1C[C@@H]1CCCO1. The summed E-state index contributed by atoms with van der Waals surface area (Å²) in [6, 6.07) is 3.78. The monoisotopic (exact) mass is 432 g/mol. The molecule has 154 valence electrons. The van der Waals surface area contributed by atoms with Crippen molar-refractivity contribution in [1.82, 2.24) is 19.9 Å². The first-order valence-corrected chi connectivity index (χ1v) is 11.8. The maximum atomic E-state index is 13.3. The molecule has 4 rings (SSSR count). The third-order valence-corrected chi connectivity index (χ3v) is 6.98. The first-order chi connectivity index (χ1) is 14.2. The maximum absolute atomic E-state index is 13.3. The molecule has 0 unspecified atom stereocenters. The maximum Gasteiger partial charge on any atom is 0.272 e. The number of ether oxygens (including phenoxy) is 1. The molecule has 0 spiro atoms. The molecule has 1 atom stereocenters. The average Bonchev–Trinajstić information content (AvgIpc) is 3.37. The number of hydrogen-bond acceptors (Lipinski definition) is 7. The largest absolute Gasteiger partial charge is 0.376 e. The molecule has 29 heavy (non-hydrogen) atoms. The Bertz CT molecular complexity index is 1070. The normalized spacial score (nSPS) is 16.7. The molecule has 4 heterocycles. The van der Waals surface area contributed by atoms with Gasteiger partial charge < -0.3 is 10.1 Å². The summed E-state index contributed by atoms with van der Waals surface area (Å²) in [6.45, 7) is 3.95. The van der Waals surface area contributed by atoms with Crippen molar-refractivity contribution in [2.75, 3.05) is 18.9 Å². The van der Waals surface area contributed by atoms with Crippen molar-refractivity contribution in [2.24, 2.45) is 0 Å². The molecule has 1 saturated heterocycles. The van der Waals surface area contributed by atoms with Crippen LogP contribution in [0.2, 0.25) is 0 Å². The van der Waals surface area contributed by atoms with Crippen molar-refractivity contribution in [1.29, 1.82) is 0 Å². The van der Waals surface area contributed by atoms with E-state index in [2.05, 4.69) is 17.2 Å². The second-order valence-electron chi connectivity index (χ2n) is 7.07. The minimum Gasteiger partial charge on any atom is -0.376 e. The summed E-state index contributed by atoms with van der Waals surface area (Å²) in [5.41, 5.74) is 0.586. The van der Waals surface area contributed by atoms with Gasteiger partial charge in [-0.15, -0.1) is 11.3 Å². The number of amides is 1. The molecule has 1 N–H and O–H groups in total. The van der Waals surface area contributed by atoms with Crippen molar-refractivity contribution >= 4 is 49.4 Å². The highest BCUT2D eigenvalue weighted by Gasteiger charge is 2.22. The van der Waals surface area contributed by atoms with E-state index in [-0.39, 0.29) is 23.3 Å². The number of carbonyl (C=O) groups is 1. The van der Waals surface area contributed by atoms with E-state index in [0.29, 0.717) is 28.5 Å². The van der Waals surface area contributed by atoms with E-state index in [1.807, 2.05) is 12.1 Å². The highest BCUT2D eigenvalue weighted by Crippen LogP contribution is 2.30. The molecule has 1 fully saturated rings. The molecule has 1 aliphatic heterocycles. The van der Waals surface area contributed by atoms with Gasteiger partial charge in [-0.3, -0.25) is 14.2 Å². The van der Waals surface area contributed by atoms with Gasteiger partial charge in [-0.2, -0.15) is 0 Å². The first-order valence-electron chi connectivity index (χ1n) is 9.96. The van der Waals surface area contributed by atoms with Crippen LogP contribution in [0.3, 0.4) is 0 Å². The lowest BCUT2D eigenvalue weighted by Gasteiger charge is -2.15. The fourth-order valence-corrected chi connectivity index (χ4v) is 5.25. The molecule has 0 aromatic carbocycles. The topological polar surface area (TPSA) is 86.1 Å². The minimum absolute atomic E-state index is 0.0113. The third kappa shape index (κ3) is 4.46. The number of pyridine rings is 1. The number of unbranched alkanes of at least 4 members (excludes halogenated alkanes) is 1. The second-order valence-corrected chi connectivity index (χ2v) is 9.01. The predicted molar refractivity (Wildman–Crippen MR) is 117 cm³/mol. The van der Waals surface area contributed by atoms with Crippen LogP contribution < -0.4 is 10.9 Å². The van der Waals surface area contributed by atoms with Gasteiger partial charge in [0.1, 0.15) is 9.53 Å². The van der Waals surface area contributed by atoms with E-state index in [4.69, 9.17) is 9.72 Å². The average molecular weight is 433 g/mol. The standard InChI is InChI=1S/C20H24N4O3S2/c1-2-3-8-21-15(25)12-28-20-23-16-14-7-4-9-22-18(14)29-17(16)19(26)24(20)11-13-6-5-10-27-13/h4,7,9,13H,2-3,5-6,8,10-12H2,1H3,(H,21,25)/t13-/m0/s1. The number of fused-ring (bicyclic) bond motifs is 3. The van der Waals surface area contributed by atoms with E-state index >= 15 is 0 Å². The van der Waals surface area contributed by atoms with Gasteiger partial charge in [-0.05, 0) is 31.4 Å². The van der Waals surface area contributed by atoms with Crippen molar-refractivity contribution < 1.29 is 9.53 Å². The molecular weight excluding hydrogens is 408 g/mol. The lowest BCUT2D eigenvalue weighted by molar-refractivity contribution is -0.118. The molecule has 7 nitrogen and oxygen atoms in total. The Kier molecular flexibility index (Phi) is 6.46. The number of thiophene rings is 1. The van der Waals surface area contributed by atoms with Crippen molar-refractivity contribution in [2.45, 2.75) is 50.4 Å². The zero-order valence-electron chi connectivity index (χ0n) is 16.3. The number of thioether (sulfide) groups is 1. The van der Waals surface area contributed by atoms with Crippen molar-refractivity contribution in [3.8, 4) is 0 Å². The van der Waals surface area contributed by atoms with Gasteiger partial charge in [0.25, 0.3) is 5.56 Å². The van der Waals surface area contributed by atoms with Gasteiger partial charge in [0.2, 0.25) is 5.91 Å². The summed E-state index contributed by atoms with van der Waals surface area (Å²) < 4.78 is 8.03. The summed E-state index contributed by atoms with van der Waals surface area (Å²) >= 11 is 2.68. The van der Waals surface area contributed by atoms with Gasteiger partial charge in [0, 0.05) is 24.7 Å². The predicted octanol–water partition coefficient (Wildman–Crippen LogP) is 3.19. The molecule has 1 amide bonds. The van der Waals surface area contributed by atoms with Gasteiger partial charge >= 0.3 is 0 Å². The smallest absolute Gasteiger partial charge is 0.272 e. The number of nitrogens with one attached hydrogen (secondary N) is 1. The Balaban J connectivity index is 1.68. The summed E-state index contributed by atoms with van der Waals surface area (Å²) in [6.07, 6.45) is 5.66. The number of rotatable bonds is 8. The Morgan fingerprint density at radius 1 is 1.48 bits per heavy atom. The van der Waals surface area contributed by atoms with Crippen LogP contribution in [0.5, 0.6) is 0 Å². The van der Waals surface area contributed by atoms with Crippen LogP contribution in [-0.4, -0.2) is 45.5 Å². The van der Waals surface area contributed by atoms with E-state index in [1.165, 1.54) is 23.1 Å². The lowest BCUT2D eigenvalue weighted by atomic mass is 10.2. The van der Waals surface area contributed by atoms with Crippen LogP contribution in [0.4, 0.5) is 0 Å². The minimum atomic E-state index is -0.0811. The number of aromatic nitrogens is 3. The summed E-state index contributed by atoms with van der Waals surface area (Å²) in [7, 11) is 0. The van der Waals surface area contributed by atoms with E-state index in [0.717, 1.165) is 42.5 Å². The zero-order chi connectivity index (χ0) is 20.2. The van der Waals surface area contributed by atoms with E-state index in [1.54, 1.807) is 10.8 Å². The number of hydrogen-bond donors (Lipinski definition) is 1. The molecule has 0 saturated carbocycles. The Morgan fingerprint density at radius 2 is 2.38 bits per heavy atom. The lowest BCUT2D eigenvalue weighted by Crippen LogP contribution is -2.30. The fourth-order valence-electron chi connectivity index (χ4n) is 3.39. The van der Waals surface area contributed by atoms with Crippen LogP contribution in [0.25, 0.3) is 20.4 Å². The van der Waals surface area contributed by atoms with Gasteiger partial charge in [0.05, 0.1) is 23.9 Å². The summed E-state index contributed by atoms with van der Waals surface area (Å²) in [5, 5.41) is 4.36. The van der Waals surface area contributed by atoms with Gasteiger partial charge in [-0.25, -0.2) is 9.97 Å². The highest BCUT2D eigenvalue weighted by atomic mass is 32.2. The van der Waals surface area contributed by atoms with Gasteiger partial charge in [0.15, 0.2) is 5.16 Å². The zero-order valence-corrected chi connectivity index (χ0v) is 18.0. The van der Waals surface area contributed by atoms with Crippen LogP contribution in [-0.2, 0) is 16.1 Å². The van der Waals surface area contributed by atoms with Crippen LogP contribution in [0, 0.1) is 0 Å². The Labute approximate surface area is 176 Å². The molecule has 3 aromatic heterocycles. The third-order valence-electron chi connectivity index (χ3n) is 4.91. The molecule has 1 aliphatic rings. The molecule has 9 heteroatoms. The summed E-state index contributed by atoms with van der Waals surface area (Å²) in [4.78, 5) is 35.4. The number of nitrogens with zero attached hydrogens (tertiary/aromatic N) is 3. The quantitative estimate of drug-likeness (QED) is 0.334. The Hall–Kier alpha value is -1.97. The highest BCUT2D eigenvalue weighted by molar-refractivity contribution is 7.99. The fraction of sp³-hybridized carbons (Fsp3) is 0.500. The van der Waals surface area contributed by atoms with Gasteiger partial charge in [-0.1, -0.05) is 25.1 Å². The first kappa shape index (κ1) is 20.3.